The minimum atomic E-state index is -0.942. The van der Waals surface area contributed by atoms with Gasteiger partial charge in [0, 0.05) is 32.6 Å². The van der Waals surface area contributed by atoms with Crippen LogP contribution in [0.3, 0.4) is 0 Å². The summed E-state index contributed by atoms with van der Waals surface area (Å²) in [6.45, 7) is 0.231. The number of amides is 2. The van der Waals surface area contributed by atoms with E-state index in [9.17, 15) is 19.2 Å². The molecule has 1 aliphatic heterocycles. The van der Waals surface area contributed by atoms with Crippen LogP contribution in [0.1, 0.15) is 23.5 Å². The Hall–Kier alpha value is -3.36. The molecule has 2 N–H and O–H groups in total. The lowest BCUT2D eigenvalue weighted by Gasteiger charge is -2.12. The molecule has 1 aromatic carbocycles. The molecule has 3 rings (SSSR count). The lowest BCUT2D eigenvalue weighted by Crippen LogP contribution is -2.39. The Bertz CT molecular complexity index is 1040. The second-order valence-corrected chi connectivity index (χ2v) is 6.30. The van der Waals surface area contributed by atoms with E-state index >= 15 is 0 Å². The number of nitrogens with zero attached hydrogens (tertiary/aromatic N) is 2. The average molecular weight is 372 g/mol. The van der Waals surface area contributed by atoms with Crippen LogP contribution in [0.4, 0.5) is 5.82 Å². The number of para-hydroxylation sites is 1. The Kier molecular flexibility index (Phi) is 4.85. The highest BCUT2D eigenvalue weighted by atomic mass is 16.5. The number of anilines is 1. The molecule has 0 fully saturated rings. The van der Waals surface area contributed by atoms with Crippen molar-refractivity contribution in [2.45, 2.75) is 18.9 Å². The maximum Gasteiger partial charge on any atom is 0.332 e. The zero-order chi connectivity index (χ0) is 19.7. The number of hydrogen-bond acceptors (Lipinski definition) is 5. The molecule has 0 saturated carbocycles. The predicted molar refractivity (Wildman–Crippen MR) is 97.8 cm³/mol. The zero-order valence-corrected chi connectivity index (χ0v) is 15.2. The van der Waals surface area contributed by atoms with E-state index in [1.54, 1.807) is 13.2 Å². The van der Waals surface area contributed by atoms with Crippen molar-refractivity contribution >= 4 is 17.6 Å². The number of hydrogen-bond donors (Lipinski definition) is 2. The summed E-state index contributed by atoms with van der Waals surface area (Å²) in [5.41, 5.74) is -0.186. The van der Waals surface area contributed by atoms with Gasteiger partial charge in [-0.3, -0.25) is 23.5 Å². The topological polar surface area (TPSA) is 111 Å². The van der Waals surface area contributed by atoms with Crippen molar-refractivity contribution in [3.8, 4) is 5.75 Å². The van der Waals surface area contributed by atoms with E-state index in [0.717, 1.165) is 10.1 Å². The van der Waals surface area contributed by atoms with Gasteiger partial charge in [-0.1, -0.05) is 18.2 Å². The van der Waals surface area contributed by atoms with Gasteiger partial charge in [0.1, 0.15) is 11.6 Å². The van der Waals surface area contributed by atoms with Gasteiger partial charge in [0.25, 0.3) is 5.56 Å². The molecule has 0 aliphatic carbocycles. The van der Waals surface area contributed by atoms with E-state index < -0.39 is 23.1 Å². The highest BCUT2D eigenvalue weighted by Gasteiger charge is 2.37. The van der Waals surface area contributed by atoms with Crippen molar-refractivity contribution < 1.29 is 14.3 Å². The van der Waals surface area contributed by atoms with Crippen LogP contribution < -0.4 is 26.6 Å². The molecule has 1 aromatic heterocycles. The smallest absolute Gasteiger partial charge is 0.332 e. The molecule has 9 heteroatoms. The summed E-state index contributed by atoms with van der Waals surface area (Å²) in [6, 6.07) is 7.26. The van der Waals surface area contributed by atoms with Crippen LogP contribution in [-0.2, 0) is 30.2 Å². The summed E-state index contributed by atoms with van der Waals surface area (Å²) in [7, 11) is 4.35. The van der Waals surface area contributed by atoms with Gasteiger partial charge in [-0.25, -0.2) is 4.79 Å². The largest absolute Gasteiger partial charge is 0.496 e. The number of ether oxygens (including phenoxy) is 1. The summed E-state index contributed by atoms with van der Waals surface area (Å²) >= 11 is 0. The number of carbonyl (C=O) groups excluding carboxylic acids is 2. The summed E-state index contributed by atoms with van der Waals surface area (Å²) in [6.07, 6.45) is -0.193. The molecule has 2 amide bonds. The van der Waals surface area contributed by atoms with E-state index in [4.69, 9.17) is 4.74 Å². The fourth-order valence-electron chi connectivity index (χ4n) is 3.17. The molecule has 0 unspecified atom stereocenters. The molecule has 2 aromatic rings. The molecule has 0 saturated heterocycles. The van der Waals surface area contributed by atoms with Gasteiger partial charge in [-0.15, -0.1) is 0 Å². The first-order chi connectivity index (χ1) is 12.8. The van der Waals surface area contributed by atoms with Crippen LogP contribution >= 0.6 is 0 Å². The fourth-order valence-corrected chi connectivity index (χ4v) is 3.17. The lowest BCUT2D eigenvalue weighted by atomic mass is 9.99. The predicted octanol–water partition coefficient (Wildman–Crippen LogP) is -0.165. The van der Waals surface area contributed by atoms with Crippen LogP contribution in [-0.4, -0.2) is 28.1 Å². The zero-order valence-electron chi connectivity index (χ0n) is 15.2. The second kappa shape index (κ2) is 7.10. The highest BCUT2D eigenvalue weighted by Crippen LogP contribution is 2.30. The molecule has 1 aliphatic rings. The third kappa shape index (κ3) is 3.23. The minimum absolute atomic E-state index is 0.136. The minimum Gasteiger partial charge on any atom is -0.496 e. The van der Waals surface area contributed by atoms with Gasteiger partial charge in [0.05, 0.1) is 18.6 Å². The number of benzene rings is 1. The number of fused-ring (bicyclic) bond motifs is 1. The number of nitrogens with one attached hydrogen (secondary N) is 2. The van der Waals surface area contributed by atoms with Crippen molar-refractivity contribution in [2.24, 2.45) is 14.1 Å². The van der Waals surface area contributed by atoms with Gasteiger partial charge in [0.15, 0.2) is 0 Å². The van der Waals surface area contributed by atoms with Crippen LogP contribution in [0, 0.1) is 0 Å². The van der Waals surface area contributed by atoms with Crippen molar-refractivity contribution in [3.63, 3.8) is 0 Å². The van der Waals surface area contributed by atoms with E-state index in [-0.39, 0.29) is 30.3 Å². The van der Waals surface area contributed by atoms with Crippen LogP contribution in [0.2, 0.25) is 0 Å². The Morgan fingerprint density at radius 3 is 2.59 bits per heavy atom. The first-order valence-corrected chi connectivity index (χ1v) is 8.34. The maximum atomic E-state index is 12.4. The van der Waals surface area contributed by atoms with Gasteiger partial charge in [-0.05, 0) is 6.07 Å². The molecule has 0 bridgehead atoms. The summed E-state index contributed by atoms with van der Waals surface area (Å²) < 4.78 is 7.36. The highest BCUT2D eigenvalue weighted by molar-refractivity contribution is 6.03. The number of aromatic nitrogens is 2. The van der Waals surface area contributed by atoms with Gasteiger partial charge >= 0.3 is 5.69 Å². The van der Waals surface area contributed by atoms with Crippen LogP contribution in [0.25, 0.3) is 0 Å². The Labute approximate surface area is 154 Å². The molecule has 0 radical (unpaired) electrons. The first kappa shape index (κ1) is 18.4. The quantitative estimate of drug-likeness (QED) is 0.757. The summed E-state index contributed by atoms with van der Waals surface area (Å²) in [5, 5.41) is 5.27. The molecule has 142 valence electrons. The van der Waals surface area contributed by atoms with E-state index in [1.165, 1.54) is 18.7 Å². The monoisotopic (exact) mass is 372 g/mol. The van der Waals surface area contributed by atoms with Crippen molar-refractivity contribution in [3.05, 3.63) is 56.2 Å². The number of rotatable bonds is 5. The molecular formula is C18H20N4O5. The van der Waals surface area contributed by atoms with Gasteiger partial charge in [-0.2, -0.15) is 0 Å². The summed E-state index contributed by atoms with van der Waals surface area (Å²) in [4.78, 5) is 49.1. The SMILES string of the molecule is COc1ccccc1CNC(=O)C[C@@H]1C(=O)Nc2c1c(=O)n(C)c(=O)n2C. The van der Waals surface area contributed by atoms with Gasteiger partial charge in [0.2, 0.25) is 11.8 Å². The maximum absolute atomic E-state index is 12.4. The molecule has 2 heterocycles. The normalized spacial score (nSPS) is 15.2. The van der Waals surface area contributed by atoms with E-state index in [2.05, 4.69) is 10.6 Å². The Morgan fingerprint density at radius 1 is 1.19 bits per heavy atom. The van der Waals surface area contributed by atoms with Crippen molar-refractivity contribution in [2.75, 3.05) is 12.4 Å². The fraction of sp³-hybridized carbons (Fsp3) is 0.333. The average Bonchev–Trinajstić information content (AvgIpc) is 2.99. The van der Waals surface area contributed by atoms with Crippen LogP contribution in [0.5, 0.6) is 5.75 Å². The standard InChI is InChI=1S/C18H20N4O5/c1-21-15-14(17(25)22(2)18(21)26)11(16(24)20-15)8-13(23)19-9-10-6-4-5-7-12(10)27-3/h4-7,11H,8-9H2,1-3H3,(H,19,23)(H,20,24)/t11-/m0/s1. The van der Waals surface area contributed by atoms with Gasteiger partial charge < -0.3 is 15.4 Å². The van der Waals surface area contributed by atoms with Crippen molar-refractivity contribution in [1.82, 2.24) is 14.5 Å². The van der Waals surface area contributed by atoms with Crippen molar-refractivity contribution in [1.29, 1.82) is 0 Å². The van der Waals surface area contributed by atoms with Crippen LogP contribution in [0.15, 0.2) is 33.9 Å². The number of methoxy groups -OCH3 is 1. The molecule has 9 nitrogen and oxygen atoms in total. The number of carbonyl (C=O) groups is 2. The Balaban J connectivity index is 1.79. The third-order valence-electron chi connectivity index (χ3n) is 4.66. The third-order valence-corrected chi connectivity index (χ3v) is 4.66. The molecule has 1 atom stereocenters. The second-order valence-electron chi connectivity index (χ2n) is 6.30. The Morgan fingerprint density at radius 2 is 1.89 bits per heavy atom. The molecule has 0 spiro atoms. The van der Waals surface area contributed by atoms with E-state index in [1.807, 2.05) is 18.2 Å². The summed E-state index contributed by atoms with van der Waals surface area (Å²) in [5.74, 6) is -1.01. The van der Waals surface area contributed by atoms with E-state index in [0.29, 0.717) is 5.75 Å². The molecular weight excluding hydrogens is 352 g/mol. The molecule has 27 heavy (non-hydrogen) atoms. The first-order valence-electron chi connectivity index (χ1n) is 8.34. The lowest BCUT2D eigenvalue weighted by molar-refractivity contribution is -0.125.